The van der Waals surface area contributed by atoms with Crippen LogP contribution in [0.2, 0.25) is 0 Å². The number of hydrogen-bond acceptors (Lipinski definition) is 5. The van der Waals surface area contributed by atoms with Gasteiger partial charge in [-0.15, -0.1) is 6.42 Å². The lowest BCUT2D eigenvalue weighted by atomic mass is 10.2. The van der Waals surface area contributed by atoms with Crippen LogP contribution in [0.5, 0.6) is 11.5 Å². The number of hydrogen-bond donors (Lipinski definition) is 1. The number of halogens is 1. The van der Waals surface area contributed by atoms with Gasteiger partial charge in [0.1, 0.15) is 6.61 Å². The molecule has 1 saturated heterocycles. The van der Waals surface area contributed by atoms with Gasteiger partial charge in [-0.2, -0.15) is 5.10 Å². The molecule has 1 heterocycles. The van der Waals surface area contributed by atoms with Crippen LogP contribution in [0.3, 0.4) is 0 Å². The Bertz CT molecular complexity index is 930. The van der Waals surface area contributed by atoms with Crippen molar-refractivity contribution in [2.75, 3.05) is 31.7 Å². The summed E-state index contributed by atoms with van der Waals surface area (Å²) in [6.07, 6.45) is 9.21. The van der Waals surface area contributed by atoms with Gasteiger partial charge in [0.15, 0.2) is 11.5 Å². The van der Waals surface area contributed by atoms with Gasteiger partial charge in [-0.25, -0.2) is 5.43 Å². The number of methoxy groups -OCH3 is 1. The molecule has 1 aliphatic rings. The highest BCUT2D eigenvalue weighted by Crippen LogP contribution is 2.36. The highest BCUT2D eigenvalue weighted by Gasteiger charge is 2.13. The fraction of sp³-hybridized carbons (Fsp3) is 0.273. The summed E-state index contributed by atoms with van der Waals surface area (Å²) in [4.78, 5) is 14.6. The summed E-state index contributed by atoms with van der Waals surface area (Å²) in [6.45, 7) is 2.28. The molecule has 0 radical (unpaired) electrons. The van der Waals surface area contributed by atoms with Gasteiger partial charge < -0.3 is 14.4 Å². The molecular weight excluding hydrogens is 434 g/mol. The molecule has 0 bridgehead atoms. The Morgan fingerprint density at radius 2 is 2.03 bits per heavy atom. The first-order chi connectivity index (χ1) is 14.1. The average Bonchev–Trinajstić information content (AvgIpc) is 3.27. The van der Waals surface area contributed by atoms with Crippen LogP contribution >= 0.6 is 15.9 Å². The first kappa shape index (κ1) is 20.7. The van der Waals surface area contributed by atoms with Crippen LogP contribution in [0.4, 0.5) is 5.69 Å². The Hall–Kier alpha value is -2.98. The SMILES string of the molecule is C#CCOc1c(Br)cc(/C=N\NC(=O)c2ccc(N3CCCC3)cc2)cc1OC. The van der Waals surface area contributed by atoms with Gasteiger partial charge in [0, 0.05) is 24.3 Å². The van der Waals surface area contributed by atoms with Crippen LogP contribution in [0.25, 0.3) is 0 Å². The Labute approximate surface area is 179 Å². The van der Waals surface area contributed by atoms with E-state index < -0.39 is 0 Å². The van der Waals surface area contributed by atoms with Crippen molar-refractivity contribution in [3.63, 3.8) is 0 Å². The summed E-state index contributed by atoms with van der Waals surface area (Å²) in [5, 5.41) is 4.04. The number of anilines is 1. The molecule has 29 heavy (non-hydrogen) atoms. The molecule has 2 aromatic rings. The van der Waals surface area contributed by atoms with E-state index in [0.717, 1.165) is 24.3 Å². The van der Waals surface area contributed by atoms with Crippen LogP contribution in [0.1, 0.15) is 28.8 Å². The summed E-state index contributed by atoms with van der Waals surface area (Å²) < 4.78 is 11.5. The number of carbonyl (C=O) groups is 1. The molecule has 0 aromatic heterocycles. The number of rotatable bonds is 7. The number of hydrazone groups is 1. The highest BCUT2D eigenvalue weighted by molar-refractivity contribution is 9.10. The smallest absolute Gasteiger partial charge is 0.271 e. The lowest BCUT2D eigenvalue weighted by Gasteiger charge is -2.17. The monoisotopic (exact) mass is 455 g/mol. The van der Waals surface area contributed by atoms with Crippen LogP contribution < -0.4 is 19.8 Å². The lowest BCUT2D eigenvalue weighted by molar-refractivity contribution is 0.0955. The number of amides is 1. The normalized spacial score (nSPS) is 13.3. The van der Waals surface area contributed by atoms with Gasteiger partial charge in [0.05, 0.1) is 17.8 Å². The molecule has 0 atom stereocenters. The molecule has 0 aliphatic carbocycles. The van der Waals surface area contributed by atoms with Crippen molar-refractivity contribution in [2.24, 2.45) is 5.10 Å². The van der Waals surface area contributed by atoms with E-state index in [1.807, 2.05) is 24.3 Å². The summed E-state index contributed by atoms with van der Waals surface area (Å²) in [5.41, 5.74) is 4.98. The van der Waals surface area contributed by atoms with Crippen LogP contribution in [0, 0.1) is 12.3 Å². The second kappa shape index (κ2) is 9.99. The quantitative estimate of drug-likeness (QED) is 0.391. The molecule has 1 fully saturated rings. The third kappa shape index (κ3) is 5.30. The van der Waals surface area contributed by atoms with Crippen molar-refractivity contribution in [3.8, 4) is 23.8 Å². The maximum Gasteiger partial charge on any atom is 0.271 e. The number of benzene rings is 2. The Morgan fingerprint density at radius 1 is 1.31 bits per heavy atom. The van der Waals surface area contributed by atoms with Crippen molar-refractivity contribution >= 4 is 33.7 Å². The molecule has 0 spiro atoms. The Morgan fingerprint density at radius 3 is 2.69 bits per heavy atom. The van der Waals surface area contributed by atoms with E-state index in [2.05, 4.69) is 37.3 Å². The second-order valence-electron chi connectivity index (χ2n) is 6.47. The van der Waals surface area contributed by atoms with E-state index in [4.69, 9.17) is 15.9 Å². The number of nitrogens with zero attached hydrogens (tertiary/aromatic N) is 2. The average molecular weight is 456 g/mol. The van der Waals surface area contributed by atoms with E-state index in [1.165, 1.54) is 19.1 Å². The van der Waals surface area contributed by atoms with E-state index in [9.17, 15) is 4.79 Å². The van der Waals surface area contributed by atoms with E-state index in [0.29, 0.717) is 21.5 Å². The van der Waals surface area contributed by atoms with E-state index >= 15 is 0 Å². The van der Waals surface area contributed by atoms with Gasteiger partial charge in [-0.3, -0.25) is 4.79 Å². The zero-order valence-electron chi connectivity index (χ0n) is 16.2. The molecule has 1 N–H and O–H groups in total. The third-order valence-corrected chi connectivity index (χ3v) is 5.12. The molecule has 3 rings (SSSR count). The highest BCUT2D eigenvalue weighted by atomic mass is 79.9. The van der Waals surface area contributed by atoms with Gasteiger partial charge in [-0.05, 0) is 70.7 Å². The standard InChI is InChI=1S/C22H22BrN3O3/c1-3-12-29-21-19(23)13-16(14-20(21)28-2)15-24-25-22(27)17-6-8-18(9-7-17)26-10-4-5-11-26/h1,6-9,13-15H,4-5,10-12H2,2H3,(H,25,27)/b24-15-. The van der Waals surface area contributed by atoms with Gasteiger partial charge in [0.25, 0.3) is 5.91 Å². The molecule has 6 nitrogen and oxygen atoms in total. The van der Waals surface area contributed by atoms with Crippen LogP contribution in [-0.4, -0.2) is 38.9 Å². The molecule has 1 aliphatic heterocycles. The summed E-state index contributed by atoms with van der Waals surface area (Å²) in [7, 11) is 1.54. The van der Waals surface area contributed by atoms with Crippen molar-refractivity contribution < 1.29 is 14.3 Å². The fourth-order valence-electron chi connectivity index (χ4n) is 3.10. The predicted octanol–water partition coefficient (Wildman–Crippen LogP) is 3.83. The summed E-state index contributed by atoms with van der Waals surface area (Å²) >= 11 is 3.43. The van der Waals surface area contributed by atoms with Crippen molar-refractivity contribution in [2.45, 2.75) is 12.8 Å². The number of carbonyl (C=O) groups excluding carboxylic acids is 1. The molecule has 150 valence electrons. The maximum absolute atomic E-state index is 12.3. The Kier molecular flexibility index (Phi) is 7.14. The van der Waals surface area contributed by atoms with E-state index in [-0.39, 0.29) is 12.5 Å². The molecular formula is C22H22BrN3O3. The molecule has 2 aromatic carbocycles. The number of terminal acetylenes is 1. The van der Waals surface area contributed by atoms with Crippen molar-refractivity contribution in [3.05, 3.63) is 52.0 Å². The van der Waals surface area contributed by atoms with Gasteiger partial charge in [-0.1, -0.05) is 5.92 Å². The van der Waals surface area contributed by atoms with Gasteiger partial charge in [0.2, 0.25) is 0 Å². The van der Waals surface area contributed by atoms with E-state index in [1.54, 1.807) is 19.2 Å². The molecule has 1 amide bonds. The first-order valence-corrected chi connectivity index (χ1v) is 10.0. The van der Waals surface area contributed by atoms with Crippen LogP contribution in [0.15, 0.2) is 46.0 Å². The van der Waals surface area contributed by atoms with Crippen LogP contribution in [-0.2, 0) is 0 Å². The summed E-state index contributed by atoms with van der Waals surface area (Å²) in [5.74, 6) is 3.18. The number of nitrogens with one attached hydrogen (secondary N) is 1. The molecule has 7 heteroatoms. The first-order valence-electron chi connectivity index (χ1n) is 9.24. The topological polar surface area (TPSA) is 63.2 Å². The maximum atomic E-state index is 12.3. The third-order valence-electron chi connectivity index (χ3n) is 4.53. The second-order valence-corrected chi connectivity index (χ2v) is 7.32. The fourth-order valence-corrected chi connectivity index (χ4v) is 3.67. The number of ether oxygens (including phenoxy) is 2. The minimum Gasteiger partial charge on any atom is -0.493 e. The van der Waals surface area contributed by atoms with Crippen molar-refractivity contribution in [1.82, 2.24) is 5.43 Å². The molecule has 0 saturated carbocycles. The van der Waals surface area contributed by atoms with Crippen molar-refractivity contribution in [1.29, 1.82) is 0 Å². The molecule has 0 unspecified atom stereocenters. The minimum absolute atomic E-state index is 0.134. The zero-order chi connectivity index (χ0) is 20.6. The predicted molar refractivity (Wildman–Crippen MR) is 118 cm³/mol. The lowest BCUT2D eigenvalue weighted by Crippen LogP contribution is -2.19. The minimum atomic E-state index is -0.269. The van der Waals surface area contributed by atoms with Gasteiger partial charge >= 0.3 is 0 Å². The summed E-state index contributed by atoms with van der Waals surface area (Å²) in [6, 6.07) is 11.1. The largest absolute Gasteiger partial charge is 0.493 e. The zero-order valence-corrected chi connectivity index (χ0v) is 17.7. The Balaban J connectivity index is 1.63.